The second kappa shape index (κ2) is 9.52. The lowest BCUT2D eigenvalue weighted by Gasteiger charge is -2.09. The molecule has 0 spiro atoms. The molecule has 7 heteroatoms. The molecule has 5 nitrogen and oxygen atoms in total. The number of para-hydroxylation sites is 1. The third kappa shape index (κ3) is 4.79. The van der Waals surface area contributed by atoms with Gasteiger partial charge in [0.05, 0.1) is 24.0 Å². The molecule has 0 aliphatic heterocycles. The Labute approximate surface area is 202 Å². The van der Waals surface area contributed by atoms with Crippen LogP contribution in [0.15, 0.2) is 114 Å². The van der Waals surface area contributed by atoms with E-state index < -0.39 is 0 Å². The fourth-order valence-corrected chi connectivity index (χ4v) is 4.60. The van der Waals surface area contributed by atoms with E-state index in [-0.39, 0.29) is 5.63 Å². The zero-order valence-electron chi connectivity index (χ0n) is 17.4. The van der Waals surface area contributed by atoms with Crippen molar-refractivity contribution in [1.82, 2.24) is 4.57 Å². The summed E-state index contributed by atoms with van der Waals surface area (Å²) < 4.78 is 8.59. The van der Waals surface area contributed by atoms with Crippen LogP contribution in [-0.2, 0) is 6.54 Å². The minimum Gasteiger partial charge on any atom is -0.422 e. The van der Waals surface area contributed by atoms with Crippen molar-refractivity contribution in [1.29, 1.82) is 0 Å². The van der Waals surface area contributed by atoms with Crippen LogP contribution in [0.1, 0.15) is 11.1 Å². The van der Waals surface area contributed by atoms with Crippen LogP contribution in [0.3, 0.4) is 0 Å². The van der Waals surface area contributed by atoms with Crippen molar-refractivity contribution in [3.8, 4) is 11.3 Å². The summed E-state index contributed by atoms with van der Waals surface area (Å²) in [4.78, 5) is 13.5. The molecule has 0 radical (unpaired) electrons. The van der Waals surface area contributed by atoms with Crippen LogP contribution >= 0.6 is 27.3 Å². The van der Waals surface area contributed by atoms with Gasteiger partial charge in [-0.15, -0.1) is 16.4 Å². The van der Waals surface area contributed by atoms with Gasteiger partial charge < -0.3 is 8.98 Å². The molecule has 0 bridgehead atoms. The van der Waals surface area contributed by atoms with Gasteiger partial charge >= 0.3 is 5.63 Å². The fraction of sp³-hybridized carbons (Fsp3) is 0.0385. The van der Waals surface area contributed by atoms with Crippen LogP contribution in [-0.4, -0.2) is 10.8 Å². The maximum absolute atomic E-state index is 12.8. The Morgan fingerprint density at radius 2 is 1.73 bits per heavy atom. The van der Waals surface area contributed by atoms with Crippen molar-refractivity contribution in [2.45, 2.75) is 6.54 Å². The van der Waals surface area contributed by atoms with Crippen molar-refractivity contribution in [2.75, 3.05) is 0 Å². The van der Waals surface area contributed by atoms with Gasteiger partial charge in [0.25, 0.3) is 0 Å². The van der Waals surface area contributed by atoms with Gasteiger partial charge in [0, 0.05) is 15.2 Å². The largest absolute Gasteiger partial charge is 0.422 e. The predicted octanol–water partition coefficient (Wildman–Crippen LogP) is 6.07. The number of rotatable bonds is 5. The Balaban J connectivity index is 1.61. The number of nitrogens with zero attached hydrogens (tertiary/aromatic N) is 3. The van der Waals surface area contributed by atoms with Gasteiger partial charge in [-0.2, -0.15) is 5.10 Å². The molecule has 3 aromatic carbocycles. The van der Waals surface area contributed by atoms with Crippen LogP contribution in [0.2, 0.25) is 0 Å². The average Bonchev–Trinajstić information content (AvgIpc) is 3.22. The zero-order valence-corrected chi connectivity index (χ0v) is 19.8. The van der Waals surface area contributed by atoms with E-state index in [0.29, 0.717) is 22.5 Å². The summed E-state index contributed by atoms with van der Waals surface area (Å²) in [6.45, 7) is 0.554. The van der Waals surface area contributed by atoms with Gasteiger partial charge in [-0.25, -0.2) is 4.79 Å². The molecular weight excluding hydrogens is 498 g/mol. The molecule has 0 atom stereocenters. The molecule has 5 aromatic rings. The Morgan fingerprint density at radius 3 is 2.55 bits per heavy atom. The Bertz CT molecular complexity index is 1570. The first kappa shape index (κ1) is 21.3. The molecule has 33 heavy (non-hydrogen) atoms. The maximum Gasteiger partial charge on any atom is 0.345 e. The molecule has 162 valence electrons. The molecule has 0 aliphatic carbocycles. The van der Waals surface area contributed by atoms with Gasteiger partial charge in [0.2, 0.25) is 4.80 Å². The minimum atomic E-state index is -0.377. The van der Waals surface area contributed by atoms with E-state index in [1.807, 2.05) is 88.8 Å². The lowest BCUT2D eigenvalue weighted by Crippen LogP contribution is -2.18. The van der Waals surface area contributed by atoms with E-state index in [0.717, 1.165) is 26.7 Å². The van der Waals surface area contributed by atoms with E-state index in [4.69, 9.17) is 4.42 Å². The van der Waals surface area contributed by atoms with E-state index in [9.17, 15) is 4.79 Å². The van der Waals surface area contributed by atoms with Crippen molar-refractivity contribution < 1.29 is 4.42 Å². The van der Waals surface area contributed by atoms with E-state index in [2.05, 4.69) is 26.1 Å². The highest BCUT2D eigenvalue weighted by atomic mass is 79.9. The molecular formula is C26H18BrN3O2S. The van der Waals surface area contributed by atoms with E-state index in [1.54, 1.807) is 12.3 Å². The molecule has 0 saturated heterocycles. The molecule has 5 rings (SSSR count). The SMILES string of the molecule is O=c1oc2ccccc2cc1-c1cs/c(=N\N=C\c2ccc(Br)cc2)n1Cc1ccccc1. The zero-order chi connectivity index (χ0) is 22.6. The molecule has 0 N–H and O–H groups in total. The van der Waals surface area contributed by atoms with Crippen molar-refractivity contribution in [2.24, 2.45) is 10.2 Å². The summed E-state index contributed by atoms with van der Waals surface area (Å²) in [6, 6.07) is 27.3. The first-order valence-corrected chi connectivity index (χ1v) is 11.9. The monoisotopic (exact) mass is 515 g/mol. The number of aromatic nitrogens is 1. The van der Waals surface area contributed by atoms with Crippen LogP contribution in [0, 0.1) is 0 Å². The average molecular weight is 516 g/mol. The van der Waals surface area contributed by atoms with Crippen LogP contribution in [0.5, 0.6) is 0 Å². The lowest BCUT2D eigenvalue weighted by atomic mass is 10.1. The number of thiazole rings is 1. The van der Waals surface area contributed by atoms with Crippen LogP contribution in [0.4, 0.5) is 0 Å². The second-order valence-corrected chi connectivity index (χ2v) is 9.11. The predicted molar refractivity (Wildman–Crippen MR) is 137 cm³/mol. The summed E-state index contributed by atoms with van der Waals surface area (Å²) in [7, 11) is 0. The maximum atomic E-state index is 12.8. The van der Waals surface area contributed by atoms with Gasteiger partial charge in [-0.3, -0.25) is 0 Å². The lowest BCUT2D eigenvalue weighted by molar-refractivity contribution is 0.562. The fourth-order valence-electron chi connectivity index (χ4n) is 3.48. The molecule has 0 unspecified atom stereocenters. The first-order chi connectivity index (χ1) is 16.2. The van der Waals surface area contributed by atoms with Crippen molar-refractivity contribution in [3.63, 3.8) is 0 Å². The topological polar surface area (TPSA) is 59.9 Å². The van der Waals surface area contributed by atoms with Crippen molar-refractivity contribution in [3.05, 3.63) is 121 Å². The highest BCUT2D eigenvalue weighted by molar-refractivity contribution is 9.10. The van der Waals surface area contributed by atoms with Gasteiger partial charge in [0.1, 0.15) is 5.58 Å². The summed E-state index contributed by atoms with van der Waals surface area (Å²) in [5.74, 6) is 0. The number of hydrogen-bond donors (Lipinski definition) is 0. The summed E-state index contributed by atoms with van der Waals surface area (Å²) in [5, 5.41) is 11.6. The normalized spacial score (nSPS) is 12.1. The Hall–Kier alpha value is -3.55. The molecule has 0 amide bonds. The number of halogens is 1. The first-order valence-electron chi connectivity index (χ1n) is 10.3. The highest BCUT2D eigenvalue weighted by Gasteiger charge is 2.14. The van der Waals surface area contributed by atoms with Gasteiger partial charge in [-0.1, -0.05) is 76.6 Å². The molecule has 2 aromatic heterocycles. The Morgan fingerprint density at radius 1 is 0.970 bits per heavy atom. The van der Waals surface area contributed by atoms with Crippen LogP contribution < -0.4 is 10.4 Å². The third-order valence-electron chi connectivity index (χ3n) is 5.12. The minimum absolute atomic E-state index is 0.377. The quantitative estimate of drug-likeness (QED) is 0.162. The number of fused-ring (bicyclic) bond motifs is 1. The molecule has 0 aliphatic rings. The third-order valence-corrected chi connectivity index (χ3v) is 6.50. The molecule has 0 saturated carbocycles. The van der Waals surface area contributed by atoms with Crippen LogP contribution in [0.25, 0.3) is 22.2 Å². The van der Waals surface area contributed by atoms with Gasteiger partial charge in [0.15, 0.2) is 0 Å². The molecule has 2 heterocycles. The summed E-state index contributed by atoms with van der Waals surface area (Å²) in [6.07, 6.45) is 1.71. The summed E-state index contributed by atoms with van der Waals surface area (Å²) >= 11 is 4.87. The summed E-state index contributed by atoms with van der Waals surface area (Å²) in [5.41, 5.74) is 3.49. The Kier molecular flexibility index (Phi) is 6.15. The number of benzene rings is 3. The van der Waals surface area contributed by atoms with E-state index >= 15 is 0 Å². The van der Waals surface area contributed by atoms with Crippen molar-refractivity contribution >= 4 is 44.5 Å². The van der Waals surface area contributed by atoms with Gasteiger partial charge in [-0.05, 0) is 35.4 Å². The highest BCUT2D eigenvalue weighted by Crippen LogP contribution is 2.22. The standard InChI is InChI=1S/C26H18BrN3O2S/c27-21-12-10-18(11-13-21)15-28-29-26-30(16-19-6-2-1-3-7-19)23(17-33-26)22-14-20-8-4-5-9-24(20)32-25(22)31/h1-15,17H,16H2/b28-15+,29-26-. The second-order valence-electron chi connectivity index (χ2n) is 7.36. The molecule has 0 fully saturated rings. The smallest absolute Gasteiger partial charge is 0.345 e. The number of hydrogen-bond acceptors (Lipinski definition) is 5. The van der Waals surface area contributed by atoms with E-state index in [1.165, 1.54) is 11.3 Å².